The van der Waals surface area contributed by atoms with Gasteiger partial charge in [0, 0.05) is 35.5 Å². The van der Waals surface area contributed by atoms with Crippen molar-refractivity contribution in [2.45, 2.75) is 12.0 Å². The van der Waals surface area contributed by atoms with Crippen LogP contribution in [0.1, 0.15) is 27.9 Å². The van der Waals surface area contributed by atoms with E-state index in [1.807, 2.05) is 6.07 Å². The second kappa shape index (κ2) is 7.93. The lowest BCUT2D eigenvalue weighted by Gasteiger charge is -2.44. The van der Waals surface area contributed by atoms with Crippen LogP contribution in [0.5, 0.6) is 0 Å². The largest absolute Gasteiger partial charge is 0.379 e. The molecule has 8 heteroatoms. The molecule has 2 aliphatic rings. The quantitative estimate of drug-likeness (QED) is 0.816. The molecule has 0 saturated carbocycles. The van der Waals surface area contributed by atoms with Crippen molar-refractivity contribution in [3.63, 3.8) is 0 Å². The average molecular weight is 413 g/mol. The first-order chi connectivity index (χ1) is 14.0. The number of fused-ring (bicyclic) bond motifs is 1. The Kier molecular flexibility index (Phi) is 5.35. The van der Waals surface area contributed by atoms with E-state index in [2.05, 4.69) is 10.3 Å². The van der Waals surface area contributed by atoms with E-state index in [0.717, 1.165) is 0 Å². The third-order valence-electron chi connectivity index (χ3n) is 5.23. The highest BCUT2D eigenvalue weighted by atomic mass is 32.2. The molecule has 2 atom stereocenters. The number of hydrogen-bond donors (Lipinski definition) is 1. The Balaban J connectivity index is 1.75. The van der Waals surface area contributed by atoms with Gasteiger partial charge in [0.1, 0.15) is 23.2 Å². The molecule has 0 spiro atoms. The van der Waals surface area contributed by atoms with Gasteiger partial charge in [-0.2, -0.15) is 5.26 Å². The van der Waals surface area contributed by atoms with Gasteiger partial charge in [0.15, 0.2) is 5.17 Å². The van der Waals surface area contributed by atoms with Crippen LogP contribution in [-0.2, 0) is 10.3 Å². The summed E-state index contributed by atoms with van der Waals surface area (Å²) in [5, 5.41) is 12.3. The smallest absolute Gasteiger partial charge is 0.257 e. The highest BCUT2D eigenvalue weighted by Gasteiger charge is 2.48. The summed E-state index contributed by atoms with van der Waals surface area (Å²) in [5.74, 6) is -1.48. The highest BCUT2D eigenvalue weighted by molar-refractivity contribution is 8.13. The number of nitriles is 1. The molecule has 29 heavy (non-hydrogen) atoms. The SMILES string of the molecule is N#Cc1cc(C23COCCC2CSC(NC(=O)c2ccccc2)=N3)c(F)cc1F. The van der Waals surface area contributed by atoms with Crippen molar-refractivity contribution in [3.8, 4) is 6.07 Å². The predicted octanol–water partition coefficient (Wildman–Crippen LogP) is 3.60. The lowest BCUT2D eigenvalue weighted by molar-refractivity contribution is 0.00284. The van der Waals surface area contributed by atoms with Crippen LogP contribution >= 0.6 is 11.8 Å². The van der Waals surface area contributed by atoms with Gasteiger partial charge in [-0.3, -0.25) is 4.79 Å². The minimum absolute atomic E-state index is 0.0647. The number of ether oxygens (including phenoxy) is 1. The number of amides is 1. The van der Waals surface area contributed by atoms with Crippen molar-refractivity contribution in [2.75, 3.05) is 19.0 Å². The van der Waals surface area contributed by atoms with E-state index in [0.29, 0.717) is 35.6 Å². The summed E-state index contributed by atoms with van der Waals surface area (Å²) in [6.45, 7) is 0.610. The molecular weight excluding hydrogens is 396 g/mol. The zero-order chi connectivity index (χ0) is 20.4. The van der Waals surface area contributed by atoms with E-state index >= 15 is 0 Å². The van der Waals surface area contributed by atoms with Gasteiger partial charge in [-0.1, -0.05) is 30.0 Å². The second-order valence-corrected chi connectivity index (χ2v) is 7.94. The first-order valence-electron chi connectivity index (χ1n) is 9.10. The van der Waals surface area contributed by atoms with Crippen LogP contribution in [0.25, 0.3) is 0 Å². The summed E-state index contributed by atoms with van der Waals surface area (Å²) in [5.41, 5.74) is -0.770. The minimum Gasteiger partial charge on any atom is -0.379 e. The molecule has 1 amide bonds. The molecule has 0 aromatic heterocycles. The topological polar surface area (TPSA) is 74.5 Å². The predicted molar refractivity (Wildman–Crippen MR) is 105 cm³/mol. The number of nitrogens with zero attached hydrogens (tertiary/aromatic N) is 2. The maximum atomic E-state index is 14.8. The molecule has 0 radical (unpaired) electrons. The number of amidine groups is 1. The molecule has 0 bridgehead atoms. The first-order valence-corrected chi connectivity index (χ1v) is 10.1. The number of thioether (sulfide) groups is 1. The first kappa shape index (κ1) is 19.6. The average Bonchev–Trinajstić information content (AvgIpc) is 2.74. The Labute approximate surface area is 170 Å². The van der Waals surface area contributed by atoms with E-state index in [4.69, 9.17) is 4.74 Å². The van der Waals surface area contributed by atoms with Crippen LogP contribution in [0, 0.1) is 28.9 Å². The minimum atomic E-state index is -1.12. The van der Waals surface area contributed by atoms with Crippen LogP contribution in [-0.4, -0.2) is 30.0 Å². The van der Waals surface area contributed by atoms with Crippen molar-refractivity contribution < 1.29 is 18.3 Å². The molecule has 1 N–H and O–H groups in total. The highest BCUT2D eigenvalue weighted by Crippen LogP contribution is 2.45. The van der Waals surface area contributed by atoms with E-state index in [1.165, 1.54) is 17.8 Å². The summed E-state index contributed by atoms with van der Waals surface area (Å²) in [6, 6.07) is 12.4. The summed E-state index contributed by atoms with van der Waals surface area (Å²) >= 11 is 1.39. The fraction of sp³-hybridized carbons (Fsp3) is 0.286. The van der Waals surface area contributed by atoms with Crippen molar-refractivity contribution >= 4 is 22.8 Å². The molecule has 0 aliphatic carbocycles. The Morgan fingerprint density at radius 2 is 2.07 bits per heavy atom. The van der Waals surface area contributed by atoms with E-state index < -0.39 is 17.2 Å². The van der Waals surface area contributed by atoms with Crippen LogP contribution in [0.15, 0.2) is 47.5 Å². The Hall–Kier alpha value is -2.76. The van der Waals surface area contributed by atoms with Crippen LogP contribution in [0.4, 0.5) is 8.78 Å². The van der Waals surface area contributed by atoms with Gasteiger partial charge in [0.05, 0.1) is 12.2 Å². The zero-order valence-electron chi connectivity index (χ0n) is 15.3. The summed E-state index contributed by atoms with van der Waals surface area (Å²) in [7, 11) is 0. The van der Waals surface area contributed by atoms with E-state index in [9.17, 15) is 18.8 Å². The molecule has 5 nitrogen and oxygen atoms in total. The zero-order valence-corrected chi connectivity index (χ0v) is 16.1. The number of carbonyl (C=O) groups is 1. The Morgan fingerprint density at radius 1 is 1.28 bits per heavy atom. The molecular formula is C21H17F2N3O2S. The summed E-state index contributed by atoms with van der Waals surface area (Å²) in [6.07, 6.45) is 0.648. The van der Waals surface area contributed by atoms with Gasteiger partial charge in [0.2, 0.25) is 0 Å². The summed E-state index contributed by atoms with van der Waals surface area (Å²) < 4.78 is 34.3. The van der Waals surface area contributed by atoms with Crippen molar-refractivity contribution in [2.24, 2.45) is 10.9 Å². The number of nitrogens with one attached hydrogen (secondary N) is 1. The van der Waals surface area contributed by atoms with Crippen molar-refractivity contribution in [3.05, 3.63) is 70.8 Å². The third kappa shape index (κ3) is 3.63. The number of aliphatic imine (C=N–C) groups is 1. The second-order valence-electron chi connectivity index (χ2n) is 6.93. The molecule has 2 aliphatic heterocycles. The Morgan fingerprint density at radius 3 is 2.83 bits per heavy atom. The van der Waals surface area contributed by atoms with Gasteiger partial charge in [-0.05, 0) is 24.6 Å². The normalized spacial score (nSPS) is 23.5. The molecule has 1 fully saturated rings. The van der Waals surface area contributed by atoms with Gasteiger partial charge in [0.25, 0.3) is 5.91 Å². The van der Waals surface area contributed by atoms with Crippen LogP contribution in [0.2, 0.25) is 0 Å². The van der Waals surface area contributed by atoms with Gasteiger partial charge in [-0.15, -0.1) is 0 Å². The number of benzene rings is 2. The van der Waals surface area contributed by atoms with Gasteiger partial charge in [-0.25, -0.2) is 13.8 Å². The van der Waals surface area contributed by atoms with E-state index in [-0.39, 0.29) is 29.6 Å². The number of halogens is 2. The lowest BCUT2D eigenvalue weighted by Crippen LogP contribution is -2.49. The third-order valence-corrected chi connectivity index (χ3v) is 6.27. The molecule has 2 aromatic carbocycles. The van der Waals surface area contributed by atoms with Crippen molar-refractivity contribution in [1.29, 1.82) is 5.26 Å². The van der Waals surface area contributed by atoms with E-state index in [1.54, 1.807) is 30.3 Å². The Bertz CT molecular complexity index is 1020. The molecule has 4 rings (SSSR count). The van der Waals surface area contributed by atoms with Gasteiger partial charge >= 0.3 is 0 Å². The fourth-order valence-electron chi connectivity index (χ4n) is 3.69. The number of rotatable bonds is 2. The number of hydrogen-bond acceptors (Lipinski definition) is 5. The molecule has 2 unspecified atom stereocenters. The summed E-state index contributed by atoms with van der Waals surface area (Å²) in [4.78, 5) is 17.2. The fourth-order valence-corrected chi connectivity index (χ4v) is 4.89. The monoisotopic (exact) mass is 413 g/mol. The molecule has 148 valence electrons. The number of carbonyl (C=O) groups excluding carboxylic acids is 1. The van der Waals surface area contributed by atoms with Crippen LogP contribution < -0.4 is 5.32 Å². The standard InChI is InChI=1S/C21H17F2N3O2S/c22-17-9-18(23)16(8-14(17)10-24)21-12-28-7-6-15(21)11-29-20(26-21)25-19(27)13-4-2-1-3-5-13/h1-5,8-9,15H,6-7,11-12H2,(H,25,26,27). The van der Waals surface area contributed by atoms with Gasteiger partial charge < -0.3 is 10.1 Å². The maximum absolute atomic E-state index is 14.8. The maximum Gasteiger partial charge on any atom is 0.257 e. The van der Waals surface area contributed by atoms with Crippen LogP contribution in [0.3, 0.4) is 0 Å². The lowest BCUT2D eigenvalue weighted by atomic mass is 9.76. The molecule has 1 saturated heterocycles. The molecule has 2 heterocycles. The molecule has 2 aromatic rings. The van der Waals surface area contributed by atoms with Crippen molar-refractivity contribution in [1.82, 2.24) is 5.32 Å².